The third-order valence-electron chi connectivity index (χ3n) is 8.48. The van der Waals surface area contributed by atoms with E-state index in [-0.39, 0.29) is 58.4 Å². The van der Waals surface area contributed by atoms with Gasteiger partial charge in [-0.2, -0.15) is 0 Å². The van der Waals surface area contributed by atoms with Gasteiger partial charge in [-0.3, -0.25) is 9.59 Å². The van der Waals surface area contributed by atoms with Crippen LogP contribution in [0.25, 0.3) is 0 Å². The number of ketones is 1. The molecular formula is C25H37NO4. The molecule has 0 bridgehead atoms. The number of hydrogen-bond acceptors (Lipinski definition) is 4. The lowest BCUT2D eigenvalue weighted by molar-refractivity contribution is -0.126. The number of aliphatic hydroxyl groups excluding tert-OH is 1. The number of epoxide rings is 1. The van der Waals surface area contributed by atoms with Crippen LogP contribution in [0.5, 0.6) is 0 Å². The molecule has 4 rings (SSSR count). The summed E-state index contributed by atoms with van der Waals surface area (Å²) in [5.41, 5.74) is -0.347. The fourth-order valence-electron chi connectivity index (χ4n) is 6.86. The second-order valence-corrected chi connectivity index (χ2v) is 10.9. The number of fused-ring (bicyclic) bond motifs is 1. The van der Waals surface area contributed by atoms with Gasteiger partial charge in [-0.1, -0.05) is 39.8 Å². The van der Waals surface area contributed by atoms with Crippen LogP contribution in [0, 0.1) is 41.4 Å². The summed E-state index contributed by atoms with van der Waals surface area (Å²) in [5, 5.41) is 11.6. The lowest BCUT2D eigenvalue weighted by atomic mass is 9.56. The highest BCUT2D eigenvalue weighted by Crippen LogP contribution is 2.57. The molecule has 3 fully saturated rings. The molecule has 2 aliphatic carbocycles. The third kappa shape index (κ3) is 3.07. The molecule has 0 radical (unpaired) electrons. The number of hydrogen-bond donors (Lipinski definition) is 1. The van der Waals surface area contributed by atoms with Gasteiger partial charge in [0.2, 0.25) is 0 Å². The summed E-state index contributed by atoms with van der Waals surface area (Å²) in [6.45, 7) is 12.6. The quantitative estimate of drug-likeness (QED) is 0.247. The summed E-state index contributed by atoms with van der Waals surface area (Å²) < 4.78 is 5.99. The van der Waals surface area contributed by atoms with Crippen molar-refractivity contribution in [3.8, 4) is 0 Å². The Hall–Kier alpha value is -1.62. The fraction of sp³-hybridized carbons (Fsp3) is 0.760. The number of rotatable bonds is 3. The largest absolute Gasteiger partial charge is 0.511 e. The maximum absolute atomic E-state index is 13.3. The van der Waals surface area contributed by atoms with E-state index in [1.54, 1.807) is 7.05 Å². The van der Waals surface area contributed by atoms with Crippen molar-refractivity contribution in [1.29, 1.82) is 0 Å². The number of nitrogens with zero attached hydrogens (tertiary/aromatic N) is 1. The highest BCUT2D eigenvalue weighted by molar-refractivity contribution is 6.26. The summed E-state index contributed by atoms with van der Waals surface area (Å²) >= 11 is 0. The van der Waals surface area contributed by atoms with E-state index in [4.69, 9.17) is 4.74 Å². The SMILES string of the molecule is CC(C)[C@H]1C(=O)/C(=C(\O)[C@H]2C3[C@H](C)C[C@H](C)C[C@@H]3C=CC2[C@]2(C)O[C@H]2C)C(=O)N1C. The molecule has 5 heteroatoms. The van der Waals surface area contributed by atoms with Crippen molar-refractivity contribution in [3.05, 3.63) is 23.5 Å². The Balaban J connectivity index is 1.82. The highest BCUT2D eigenvalue weighted by Gasteiger charge is 2.61. The molecule has 2 aliphatic heterocycles. The zero-order chi connectivity index (χ0) is 22.1. The molecule has 30 heavy (non-hydrogen) atoms. The van der Waals surface area contributed by atoms with Crippen molar-refractivity contribution >= 4 is 11.7 Å². The summed E-state index contributed by atoms with van der Waals surface area (Å²) in [6, 6.07) is -0.501. The highest BCUT2D eigenvalue weighted by atomic mass is 16.6. The summed E-state index contributed by atoms with van der Waals surface area (Å²) in [5.74, 6) is 0.745. The average molecular weight is 416 g/mol. The Morgan fingerprint density at radius 3 is 2.37 bits per heavy atom. The molecule has 166 valence electrons. The Kier molecular flexibility index (Phi) is 5.20. The van der Waals surface area contributed by atoms with Gasteiger partial charge in [0, 0.05) is 18.9 Å². The topological polar surface area (TPSA) is 70.1 Å². The molecule has 4 aliphatic rings. The molecule has 1 amide bonds. The van der Waals surface area contributed by atoms with Gasteiger partial charge in [-0.15, -0.1) is 0 Å². The van der Waals surface area contributed by atoms with E-state index >= 15 is 0 Å². The van der Waals surface area contributed by atoms with Crippen molar-refractivity contribution in [2.45, 2.75) is 72.1 Å². The summed E-state index contributed by atoms with van der Waals surface area (Å²) in [7, 11) is 1.67. The predicted octanol–water partition coefficient (Wildman–Crippen LogP) is 4.14. The normalized spacial score (nSPS) is 47.7. The van der Waals surface area contributed by atoms with Crippen molar-refractivity contribution < 1.29 is 19.4 Å². The van der Waals surface area contributed by atoms with Gasteiger partial charge < -0.3 is 14.7 Å². The number of carbonyl (C=O) groups excluding carboxylic acids is 2. The molecule has 0 aromatic rings. The summed E-state index contributed by atoms with van der Waals surface area (Å²) in [6.07, 6.45) is 6.80. The lowest BCUT2D eigenvalue weighted by Gasteiger charge is -2.48. The van der Waals surface area contributed by atoms with Crippen molar-refractivity contribution in [1.82, 2.24) is 4.90 Å². The van der Waals surface area contributed by atoms with Gasteiger partial charge in [0.05, 0.1) is 17.7 Å². The Bertz CT molecular complexity index is 814. The number of ether oxygens (including phenoxy) is 1. The van der Waals surface area contributed by atoms with Crippen LogP contribution in [0.4, 0.5) is 0 Å². The first kappa shape index (κ1) is 21.6. The maximum atomic E-state index is 13.3. The predicted molar refractivity (Wildman–Crippen MR) is 116 cm³/mol. The smallest absolute Gasteiger partial charge is 0.261 e. The van der Waals surface area contributed by atoms with E-state index in [0.29, 0.717) is 17.8 Å². The Labute approximate surface area is 180 Å². The average Bonchev–Trinajstić information content (AvgIpc) is 3.19. The first-order valence-corrected chi connectivity index (χ1v) is 11.6. The number of carbonyl (C=O) groups is 2. The van der Waals surface area contributed by atoms with Crippen molar-refractivity contribution in [2.75, 3.05) is 7.05 Å². The minimum Gasteiger partial charge on any atom is -0.511 e. The van der Waals surface area contributed by atoms with Crippen LogP contribution in [0.2, 0.25) is 0 Å². The van der Waals surface area contributed by atoms with Gasteiger partial charge in [0.25, 0.3) is 5.91 Å². The van der Waals surface area contributed by atoms with Crippen LogP contribution in [0.15, 0.2) is 23.5 Å². The molecule has 1 N–H and O–H groups in total. The standard InChI is InChI=1S/C25H37NO4/c1-12(2)21-23(28)20(24(29)26(21)7)22(27)19-17(25(6)15(5)30-25)9-8-16-11-13(3)10-14(4)18(16)19/h8-9,12-19,21,27H,10-11H2,1-7H3/b22-20+/t13-,14+,15-,16-,17?,18?,19+,21-,25+/m0/s1. The Morgan fingerprint density at radius 2 is 1.83 bits per heavy atom. The molecule has 9 atom stereocenters. The van der Waals surface area contributed by atoms with Crippen LogP contribution in [0.3, 0.4) is 0 Å². The van der Waals surface area contributed by atoms with Crippen molar-refractivity contribution in [2.24, 2.45) is 41.4 Å². The molecule has 0 aromatic carbocycles. The van der Waals surface area contributed by atoms with E-state index in [2.05, 4.69) is 39.8 Å². The minimum atomic E-state index is -0.501. The van der Waals surface area contributed by atoms with E-state index in [9.17, 15) is 14.7 Å². The number of aliphatic hydroxyl groups is 1. The fourth-order valence-corrected chi connectivity index (χ4v) is 6.86. The molecule has 0 aromatic heterocycles. The van der Waals surface area contributed by atoms with E-state index in [1.807, 2.05) is 13.8 Å². The molecular weight excluding hydrogens is 378 g/mol. The van der Waals surface area contributed by atoms with Gasteiger partial charge >= 0.3 is 0 Å². The van der Waals surface area contributed by atoms with Crippen LogP contribution < -0.4 is 0 Å². The monoisotopic (exact) mass is 415 g/mol. The molecule has 2 unspecified atom stereocenters. The van der Waals surface area contributed by atoms with Crippen LogP contribution >= 0.6 is 0 Å². The lowest BCUT2D eigenvalue weighted by Crippen LogP contribution is -2.45. The first-order valence-electron chi connectivity index (χ1n) is 11.6. The van der Waals surface area contributed by atoms with E-state index in [1.165, 1.54) is 4.90 Å². The number of likely N-dealkylation sites (tertiary alicyclic amines) is 1. The van der Waals surface area contributed by atoms with Gasteiger partial charge in [-0.25, -0.2) is 0 Å². The zero-order valence-electron chi connectivity index (χ0n) is 19.4. The minimum absolute atomic E-state index is 0.00491. The molecule has 5 nitrogen and oxygen atoms in total. The van der Waals surface area contributed by atoms with Crippen LogP contribution in [0.1, 0.15) is 54.4 Å². The molecule has 2 saturated heterocycles. The van der Waals surface area contributed by atoms with Gasteiger partial charge in [0.1, 0.15) is 11.3 Å². The van der Waals surface area contributed by atoms with Crippen LogP contribution in [-0.2, 0) is 14.3 Å². The number of Topliss-reactive ketones (excluding diaryl/α,β-unsaturated/α-hetero) is 1. The van der Waals surface area contributed by atoms with E-state index < -0.39 is 6.04 Å². The molecule has 0 spiro atoms. The molecule has 1 saturated carbocycles. The first-order chi connectivity index (χ1) is 14.0. The number of likely N-dealkylation sites (N-methyl/N-ethyl adjacent to an activating group) is 1. The molecule has 2 heterocycles. The van der Waals surface area contributed by atoms with Gasteiger partial charge in [-0.05, 0) is 56.3 Å². The zero-order valence-corrected chi connectivity index (χ0v) is 19.4. The third-order valence-corrected chi connectivity index (χ3v) is 8.48. The number of amides is 1. The number of allylic oxidation sites excluding steroid dienone is 2. The van der Waals surface area contributed by atoms with Gasteiger partial charge in [0.15, 0.2) is 5.78 Å². The Morgan fingerprint density at radius 1 is 1.20 bits per heavy atom. The second-order valence-electron chi connectivity index (χ2n) is 10.9. The summed E-state index contributed by atoms with van der Waals surface area (Å²) in [4.78, 5) is 27.8. The van der Waals surface area contributed by atoms with Crippen molar-refractivity contribution in [3.63, 3.8) is 0 Å². The second kappa shape index (κ2) is 7.22. The van der Waals surface area contributed by atoms with E-state index in [0.717, 1.165) is 12.8 Å². The van der Waals surface area contributed by atoms with Crippen LogP contribution in [-0.4, -0.2) is 46.5 Å². The maximum Gasteiger partial charge on any atom is 0.261 e.